The zero-order valence-electron chi connectivity index (χ0n) is 15.8. The SMILES string of the molecule is Cc1ccc(C)c(OCC(=O)Oc2ccc(NC(=O)c3ccccc3)cc2)c1. The minimum Gasteiger partial charge on any atom is -0.482 e. The van der Waals surface area contributed by atoms with E-state index < -0.39 is 5.97 Å². The van der Waals surface area contributed by atoms with Crippen molar-refractivity contribution in [1.82, 2.24) is 0 Å². The predicted molar refractivity (Wildman–Crippen MR) is 108 cm³/mol. The van der Waals surface area contributed by atoms with Gasteiger partial charge in [0.25, 0.3) is 5.91 Å². The van der Waals surface area contributed by atoms with Crippen molar-refractivity contribution in [2.75, 3.05) is 11.9 Å². The van der Waals surface area contributed by atoms with Crippen LogP contribution in [0.4, 0.5) is 5.69 Å². The highest BCUT2D eigenvalue weighted by atomic mass is 16.6. The summed E-state index contributed by atoms with van der Waals surface area (Å²) in [5.74, 6) is 0.345. The molecule has 142 valence electrons. The van der Waals surface area contributed by atoms with Crippen molar-refractivity contribution < 1.29 is 19.1 Å². The first-order valence-electron chi connectivity index (χ1n) is 8.88. The van der Waals surface area contributed by atoms with Crippen molar-refractivity contribution in [3.63, 3.8) is 0 Å². The number of amides is 1. The van der Waals surface area contributed by atoms with Gasteiger partial charge in [0.05, 0.1) is 0 Å². The molecular formula is C23H21NO4. The van der Waals surface area contributed by atoms with Gasteiger partial charge in [-0.3, -0.25) is 4.79 Å². The molecule has 5 nitrogen and oxygen atoms in total. The number of aryl methyl sites for hydroxylation is 2. The van der Waals surface area contributed by atoms with Crippen molar-refractivity contribution in [2.24, 2.45) is 0 Å². The first kappa shape index (κ1) is 19.2. The van der Waals surface area contributed by atoms with Gasteiger partial charge in [-0.1, -0.05) is 30.3 Å². The van der Waals surface area contributed by atoms with E-state index in [0.717, 1.165) is 11.1 Å². The summed E-state index contributed by atoms with van der Waals surface area (Å²) in [7, 11) is 0. The number of benzene rings is 3. The van der Waals surface area contributed by atoms with E-state index in [1.54, 1.807) is 48.5 Å². The second-order valence-electron chi connectivity index (χ2n) is 6.38. The summed E-state index contributed by atoms with van der Waals surface area (Å²) in [5.41, 5.74) is 3.20. The fraction of sp³-hybridized carbons (Fsp3) is 0.130. The molecule has 0 heterocycles. The standard InChI is InChI=1S/C23H21NO4/c1-16-8-9-17(2)21(14-16)27-15-22(25)28-20-12-10-19(11-13-20)24-23(26)18-6-4-3-5-7-18/h3-14H,15H2,1-2H3,(H,24,26). The molecule has 1 amide bonds. The highest BCUT2D eigenvalue weighted by Gasteiger charge is 2.09. The molecule has 0 saturated carbocycles. The molecule has 0 atom stereocenters. The summed E-state index contributed by atoms with van der Waals surface area (Å²) in [6, 6.07) is 21.3. The fourth-order valence-corrected chi connectivity index (χ4v) is 2.56. The molecule has 28 heavy (non-hydrogen) atoms. The van der Waals surface area contributed by atoms with Crippen LogP contribution in [-0.2, 0) is 4.79 Å². The lowest BCUT2D eigenvalue weighted by molar-refractivity contribution is -0.136. The summed E-state index contributed by atoms with van der Waals surface area (Å²) in [6.45, 7) is 3.70. The zero-order valence-corrected chi connectivity index (χ0v) is 15.8. The van der Waals surface area contributed by atoms with Gasteiger partial charge < -0.3 is 14.8 Å². The Labute approximate surface area is 163 Å². The Hall–Kier alpha value is -3.60. The molecule has 0 aromatic heterocycles. The van der Waals surface area contributed by atoms with Crippen molar-refractivity contribution in [3.8, 4) is 11.5 Å². The van der Waals surface area contributed by atoms with E-state index in [9.17, 15) is 9.59 Å². The summed E-state index contributed by atoms with van der Waals surface area (Å²) in [5, 5.41) is 2.79. The molecule has 0 saturated heterocycles. The zero-order chi connectivity index (χ0) is 19.9. The van der Waals surface area contributed by atoms with Crippen LogP contribution in [0.3, 0.4) is 0 Å². The predicted octanol–water partition coefficient (Wildman–Crippen LogP) is 4.54. The Morgan fingerprint density at radius 2 is 1.61 bits per heavy atom. The van der Waals surface area contributed by atoms with E-state index in [2.05, 4.69) is 5.32 Å². The van der Waals surface area contributed by atoms with Gasteiger partial charge in [0.1, 0.15) is 11.5 Å². The number of esters is 1. The number of nitrogens with one attached hydrogen (secondary N) is 1. The maximum absolute atomic E-state index is 12.1. The Balaban J connectivity index is 1.53. The largest absolute Gasteiger partial charge is 0.482 e. The number of hydrogen-bond donors (Lipinski definition) is 1. The Morgan fingerprint density at radius 1 is 0.893 bits per heavy atom. The molecule has 0 bridgehead atoms. The molecule has 0 aliphatic carbocycles. The van der Waals surface area contributed by atoms with E-state index in [1.807, 2.05) is 38.1 Å². The average Bonchev–Trinajstić information content (AvgIpc) is 2.71. The lowest BCUT2D eigenvalue weighted by Gasteiger charge is -2.10. The van der Waals surface area contributed by atoms with Gasteiger partial charge in [-0.2, -0.15) is 0 Å². The molecule has 0 unspecified atom stereocenters. The van der Waals surface area contributed by atoms with Crippen LogP contribution < -0.4 is 14.8 Å². The minimum atomic E-state index is -0.498. The molecule has 1 N–H and O–H groups in total. The van der Waals surface area contributed by atoms with Crippen LogP contribution in [0.2, 0.25) is 0 Å². The lowest BCUT2D eigenvalue weighted by Crippen LogP contribution is -2.18. The van der Waals surface area contributed by atoms with E-state index in [-0.39, 0.29) is 12.5 Å². The highest BCUT2D eigenvalue weighted by Crippen LogP contribution is 2.20. The molecule has 3 aromatic rings. The number of hydrogen-bond acceptors (Lipinski definition) is 4. The second kappa shape index (κ2) is 8.86. The van der Waals surface area contributed by atoms with Crippen LogP contribution in [0, 0.1) is 13.8 Å². The maximum atomic E-state index is 12.1. The monoisotopic (exact) mass is 375 g/mol. The van der Waals surface area contributed by atoms with Gasteiger partial charge in [-0.15, -0.1) is 0 Å². The van der Waals surface area contributed by atoms with Crippen molar-refractivity contribution in [3.05, 3.63) is 89.5 Å². The molecule has 3 aromatic carbocycles. The van der Waals surface area contributed by atoms with Gasteiger partial charge in [-0.05, 0) is 67.4 Å². The molecule has 5 heteroatoms. The van der Waals surface area contributed by atoms with E-state index in [0.29, 0.717) is 22.7 Å². The second-order valence-corrected chi connectivity index (χ2v) is 6.38. The summed E-state index contributed by atoms with van der Waals surface area (Å²) < 4.78 is 10.8. The quantitative estimate of drug-likeness (QED) is 0.507. The molecule has 0 spiro atoms. The maximum Gasteiger partial charge on any atom is 0.349 e. The van der Waals surface area contributed by atoms with Crippen LogP contribution >= 0.6 is 0 Å². The van der Waals surface area contributed by atoms with E-state index >= 15 is 0 Å². The van der Waals surface area contributed by atoms with E-state index in [4.69, 9.17) is 9.47 Å². The third-order valence-corrected chi connectivity index (χ3v) is 4.07. The normalized spacial score (nSPS) is 10.2. The van der Waals surface area contributed by atoms with Gasteiger partial charge in [-0.25, -0.2) is 4.79 Å². The third kappa shape index (κ3) is 5.20. The average molecular weight is 375 g/mol. The Morgan fingerprint density at radius 3 is 2.32 bits per heavy atom. The summed E-state index contributed by atoms with van der Waals surface area (Å²) in [6.07, 6.45) is 0. The lowest BCUT2D eigenvalue weighted by atomic mass is 10.1. The number of carbonyl (C=O) groups excluding carboxylic acids is 2. The number of carbonyl (C=O) groups is 2. The third-order valence-electron chi connectivity index (χ3n) is 4.07. The van der Waals surface area contributed by atoms with Crippen molar-refractivity contribution in [1.29, 1.82) is 0 Å². The van der Waals surface area contributed by atoms with Crippen LogP contribution in [-0.4, -0.2) is 18.5 Å². The topological polar surface area (TPSA) is 64.6 Å². The van der Waals surface area contributed by atoms with Gasteiger partial charge >= 0.3 is 5.97 Å². The van der Waals surface area contributed by atoms with E-state index in [1.165, 1.54) is 0 Å². The summed E-state index contributed by atoms with van der Waals surface area (Å²) in [4.78, 5) is 24.1. The van der Waals surface area contributed by atoms with Gasteiger partial charge in [0.2, 0.25) is 0 Å². The van der Waals surface area contributed by atoms with Crippen LogP contribution in [0.1, 0.15) is 21.5 Å². The molecule has 0 aliphatic heterocycles. The Kier molecular flexibility index (Phi) is 6.07. The molecule has 0 fully saturated rings. The number of ether oxygens (including phenoxy) is 2. The Bertz CT molecular complexity index is 966. The van der Waals surface area contributed by atoms with Crippen LogP contribution in [0.5, 0.6) is 11.5 Å². The molecule has 0 radical (unpaired) electrons. The highest BCUT2D eigenvalue weighted by molar-refractivity contribution is 6.04. The first-order chi connectivity index (χ1) is 13.5. The summed E-state index contributed by atoms with van der Waals surface area (Å²) >= 11 is 0. The van der Waals surface area contributed by atoms with Gasteiger partial charge in [0.15, 0.2) is 6.61 Å². The first-order valence-corrected chi connectivity index (χ1v) is 8.88. The van der Waals surface area contributed by atoms with Crippen molar-refractivity contribution in [2.45, 2.75) is 13.8 Å². The van der Waals surface area contributed by atoms with Crippen LogP contribution in [0.15, 0.2) is 72.8 Å². The van der Waals surface area contributed by atoms with Gasteiger partial charge in [0, 0.05) is 11.3 Å². The molecular weight excluding hydrogens is 354 g/mol. The smallest absolute Gasteiger partial charge is 0.349 e. The number of rotatable bonds is 6. The number of anilines is 1. The molecule has 3 rings (SSSR count). The van der Waals surface area contributed by atoms with Crippen molar-refractivity contribution >= 4 is 17.6 Å². The van der Waals surface area contributed by atoms with Crippen LogP contribution in [0.25, 0.3) is 0 Å². The molecule has 0 aliphatic rings. The fourth-order valence-electron chi connectivity index (χ4n) is 2.56. The minimum absolute atomic E-state index is 0.184.